The highest BCUT2D eigenvalue weighted by Crippen LogP contribution is 2.40. The van der Waals surface area contributed by atoms with Crippen molar-refractivity contribution < 1.29 is 31.1 Å². The maximum absolute atomic E-state index is 13.8. The fraction of sp³-hybridized carbons (Fsp3) is 0.259. The van der Waals surface area contributed by atoms with Crippen LogP contribution in [0.15, 0.2) is 71.6 Å². The third kappa shape index (κ3) is 7.67. The van der Waals surface area contributed by atoms with Gasteiger partial charge in [0.2, 0.25) is 10.0 Å². The van der Waals surface area contributed by atoms with Crippen molar-refractivity contribution in [3.05, 3.63) is 77.9 Å². The van der Waals surface area contributed by atoms with Gasteiger partial charge in [0.05, 0.1) is 30.1 Å². The first-order valence-electron chi connectivity index (χ1n) is 12.5. The maximum atomic E-state index is 13.8. The molecule has 3 aromatic carbocycles. The van der Waals surface area contributed by atoms with E-state index in [2.05, 4.69) is 10.0 Å². The third-order valence-corrected chi connectivity index (χ3v) is 8.45. The summed E-state index contributed by atoms with van der Waals surface area (Å²) in [5.74, 6) is -0.679. The van der Waals surface area contributed by atoms with Crippen molar-refractivity contribution in [2.75, 3.05) is 36.1 Å². The van der Waals surface area contributed by atoms with Crippen molar-refractivity contribution in [3.8, 4) is 11.5 Å². The molecule has 0 aliphatic carbocycles. The van der Waals surface area contributed by atoms with E-state index in [9.17, 15) is 21.6 Å². The minimum atomic E-state index is -4.29. The average Bonchev–Trinajstić information content (AvgIpc) is 2.92. The molecule has 3 aromatic rings. The lowest BCUT2D eigenvalue weighted by Crippen LogP contribution is -2.38. The molecule has 0 saturated heterocycles. The van der Waals surface area contributed by atoms with Gasteiger partial charge in [-0.3, -0.25) is 14.5 Å². The molecule has 3 rings (SSSR count). The highest BCUT2D eigenvalue weighted by molar-refractivity contribution is 7.92. The molecule has 1 unspecified atom stereocenters. The van der Waals surface area contributed by atoms with Crippen LogP contribution in [0.2, 0.25) is 0 Å². The molecule has 5 N–H and O–H groups in total. The summed E-state index contributed by atoms with van der Waals surface area (Å²) in [4.78, 5) is 13.6. The van der Waals surface area contributed by atoms with Crippen molar-refractivity contribution >= 4 is 43.2 Å². The number of benzene rings is 3. The summed E-state index contributed by atoms with van der Waals surface area (Å²) in [6.45, 7) is 3.99. The lowest BCUT2D eigenvalue weighted by molar-refractivity contribution is -0.120. The van der Waals surface area contributed by atoms with Crippen LogP contribution >= 0.6 is 0 Å². The largest absolute Gasteiger partial charge is 0.490 e. The number of sulfonamides is 2. The van der Waals surface area contributed by atoms with E-state index < -0.39 is 32.0 Å². The van der Waals surface area contributed by atoms with Gasteiger partial charge in [-0.05, 0) is 56.3 Å². The molecule has 12 nitrogen and oxygen atoms in total. The van der Waals surface area contributed by atoms with E-state index in [4.69, 9.17) is 20.6 Å². The molecule has 1 amide bonds. The molecule has 0 bridgehead atoms. The Morgan fingerprint density at radius 3 is 2.02 bits per heavy atom. The molecule has 0 radical (unpaired) electrons. The minimum absolute atomic E-state index is 0.0597. The van der Waals surface area contributed by atoms with E-state index in [-0.39, 0.29) is 46.7 Å². The van der Waals surface area contributed by atoms with Crippen LogP contribution in [0.25, 0.3) is 0 Å². The first kappa shape index (κ1) is 31.2. The summed E-state index contributed by atoms with van der Waals surface area (Å²) < 4.78 is 65.9. The van der Waals surface area contributed by atoms with Crippen LogP contribution in [-0.4, -0.2) is 55.1 Å². The van der Waals surface area contributed by atoms with E-state index in [0.29, 0.717) is 11.3 Å². The fourth-order valence-electron chi connectivity index (χ4n) is 3.83. The second-order valence-corrected chi connectivity index (χ2v) is 12.5. The minimum Gasteiger partial charge on any atom is -0.490 e. The number of anilines is 2. The van der Waals surface area contributed by atoms with Crippen LogP contribution in [0.5, 0.6) is 11.5 Å². The van der Waals surface area contributed by atoms with Gasteiger partial charge in [-0.1, -0.05) is 18.2 Å². The predicted molar refractivity (Wildman–Crippen MR) is 158 cm³/mol. The van der Waals surface area contributed by atoms with Crippen LogP contribution in [0.3, 0.4) is 0 Å². The summed E-state index contributed by atoms with van der Waals surface area (Å²) in [5, 5.41) is 10.6. The number of hydrogen-bond acceptors (Lipinski definition) is 9. The molecule has 0 fully saturated rings. The Kier molecular flexibility index (Phi) is 9.83. The number of nitrogen functional groups attached to an aromatic ring is 1. The third-order valence-electron chi connectivity index (χ3n) is 5.90. The van der Waals surface area contributed by atoms with Crippen LogP contribution in [-0.2, 0) is 24.8 Å². The van der Waals surface area contributed by atoms with Gasteiger partial charge in [0.25, 0.3) is 15.9 Å². The molecule has 0 saturated carbocycles. The number of ether oxygens (including phenoxy) is 2. The SMILES string of the molecule is CCOc1cc(C(Nc2ccc(C(=N)N)cc2)C(=O)NS(=O)(=O)c2ccccc2)c(N(C)S(C)(=O)=O)cc1OCC. The number of carbonyl (C=O) groups excluding carboxylic acids is 1. The van der Waals surface area contributed by atoms with E-state index in [1.165, 1.54) is 43.4 Å². The van der Waals surface area contributed by atoms with E-state index in [0.717, 1.165) is 10.6 Å². The van der Waals surface area contributed by atoms with Gasteiger partial charge in [0.1, 0.15) is 11.9 Å². The average molecular weight is 604 g/mol. The lowest BCUT2D eigenvalue weighted by atomic mass is 10.0. The van der Waals surface area contributed by atoms with E-state index in [1.807, 2.05) is 0 Å². The van der Waals surface area contributed by atoms with Crippen molar-refractivity contribution in [2.45, 2.75) is 24.8 Å². The van der Waals surface area contributed by atoms with Crippen molar-refractivity contribution in [3.63, 3.8) is 0 Å². The zero-order chi connectivity index (χ0) is 30.4. The number of nitrogens with zero attached hydrogens (tertiary/aromatic N) is 1. The van der Waals surface area contributed by atoms with Gasteiger partial charge in [-0.2, -0.15) is 0 Å². The Morgan fingerprint density at radius 1 is 0.951 bits per heavy atom. The molecule has 0 spiro atoms. The molecule has 0 heterocycles. The number of amidine groups is 1. The first-order chi connectivity index (χ1) is 19.3. The quantitative estimate of drug-likeness (QED) is 0.169. The summed E-state index contributed by atoms with van der Waals surface area (Å²) in [5.41, 5.74) is 6.51. The van der Waals surface area contributed by atoms with Crippen molar-refractivity contribution in [1.82, 2.24) is 4.72 Å². The summed E-state index contributed by atoms with van der Waals surface area (Å²) in [6.07, 6.45) is 0.996. The molecule has 0 aliphatic heterocycles. The zero-order valence-electron chi connectivity index (χ0n) is 23.0. The van der Waals surface area contributed by atoms with Gasteiger partial charge in [0, 0.05) is 29.9 Å². The monoisotopic (exact) mass is 603 g/mol. The van der Waals surface area contributed by atoms with Crippen LogP contribution in [0.1, 0.15) is 31.0 Å². The lowest BCUT2D eigenvalue weighted by Gasteiger charge is -2.28. The van der Waals surface area contributed by atoms with Crippen LogP contribution in [0.4, 0.5) is 11.4 Å². The highest BCUT2D eigenvalue weighted by atomic mass is 32.2. The van der Waals surface area contributed by atoms with Crippen molar-refractivity contribution in [1.29, 1.82) is 5.41 Å². The Balaban J connectivity index is 2.23. The Morgan fingerprint density at radius 2 is 1.51 bits per heavy atom. The number of hydrogen-bond donors (Lipinski definition) is 4. The molecule has 14 heteroatoms. The van der Waals surface area contributed by atoms with Gasteiger partial charge in [-0.15, -0.1) is 0 Å². The summed E-state index contributed by atoms with van der Waals surface area (Å²) >= 11 is 0. The number of rotatable bonds is 13. The molecular formula is C27H33N5O7S2. The zero-order valence-corrected chi connectivity index (χ0v) is 24.7. The normalized spacial score (nSPS) is 12.2. The smallest absolute Gasteiger partial charge is 0.264 e. The first-order valence-corrected chi connectivity index (χ1v) is 15.8. The molecule has 220 valence electrons. The number of carbonyl (C=O) groups is 1. The maximum Gasteiger partial charge on any atom is 0.264 e. The standard InChI is InChI=1S/C27H33N5O7S2/c1-5-38-23-16-21(22(17-24(23)39-6-2)32(3)40(4,34)35)25(30-19-14-12-18(13-15-19)26(28)29)27(33)31-41(36,37)20-10-8-7-9-11-20/h7-17,25,30H,5-6H2,1-4H3,(H3,28,29)(H,31,33). The number of nitrogens with two attached hydrogens (primary N) is 1. The van der Waals surface area contributed by atoms with Gasteiger partial charge < -0.3 is 20.5 Å². The van der Waals surface area contributed by atoms with Crippen LogP contribution < -0.4 is 29.6 Å². The summed E-state index contributed by atoms with van der Waals surface area (Å²) in [6, 6.07) is 15.0. The topological polar surface area (TPSA) is 181 Å². The van der Waals surface area contributed by atoms with Crippen LogP contribution in [0, 0.1) is 5.41 Å². The molecule has 0 aromatic heterocycles. The fourth-order valence-corrected chi connectivity index (χ4v) is 5.36. The molecule has 41 heavy (non-hydrogen) atoms. The Labute approximate surface area is 240 Å². The highest BCUT2D eigenvalue weighted by Gasteiger charge is 2.32. The molecule has 0 aliphatic rings. The second kappa shape index (κ2) is 12.9. The number of nitrogens with one attached hydrogen (secondary N) is 3. The Hall–Kier alpha value is -4.30. The Bertz CT molecular complexity index is 1610. The van der Waals surface area contributed by atoms with Crippen molar-refractivity contribution in [2.24, 2.45) is 5.73 Å². The molecular weight excluding hydrogens is 570 g/mol. The summed E-state index contributed by atoms with van der Waals surface area (Å²) in [7, 11) is -6.83. The van der Waals surface area contributed by atoms with Gasteiger partial charge in [0.15, 0.2) is 11.5 Å². The van der Waals surface area contributed by atoms with E-state index >= 15 is 0 Å². The number of amides is 1. The van der Waals surface area contributed by atoms with Gasteiger partial charge >= 0.3 is 0 Å². The predicted octanol–water partition coefficient (Wildman–Crippen LogP) is 2.82. The second-order valence-electron chi connectivity index (χ2n) is 8.81. The van der Waals surface area contributed by atoms with E-state index in [1.54, 1.807) is 44.2 Å². The van der Waals surface area contributed by atoms with Gasteiger partial charge in [-0.25, -0.2) is 21.6 Å². The molecule has 1 atom stereocenters.